The highest BCUT2D eigenvalue weighted by Gasteiger charge is 2.25. The van der Waals surface area contributed by atoms with E-state index in [0.29, 0.717) is 47.1 Å². The summed E-state index contributed by atoms with van der Waals surface area (Å²) in [5, 5.41) is 0.320. The van der Waals surface area contributed by atoms with E-state index in [1.807, 2.05) is 13.8 Å². The van der Waals surface area contributed by atoms with Gasteiger partial charge in [-0.15, -0.1) is 0 Å². The first-order valence-electron chi connectivity index (χ1n) is 10.9. The quantitative estimate of drug-likeness (QED) is 0.627. The zero-order chi connectivity index (χ0) is 23.0. The van der Waals surface area contributed by atoms with E-state index in [1.165, 1.54) is 11.7 Å². The number of nitrogens with zero attached hydrogens (tertiary/aromatic N) is 4. The monoisotopic (exact) mass is 436 g/mol. The third-order valence-corrected chi connectivity index (χ3v) is 6.05. The van der Waals surface area contributed by atoms with Gasteiger partial charge in [0.2, 0.25) is 5.91 Å². The zero-order valence-corrected chi connectivity index (χ0v) is 18.9. The molecule has 3 heterocycles. The summed E-state index contributed by atoms with van der Waals surface area (Å²) in [7, 11) is 1.52. The molecule has 0 saturated carbocycles. The fourth-order valence-electron chi connectivity index (χ4n) is 4.50. The molecule has 0 N–H and O–H groups in total. The Morgan fingerprint density at radius 2 is 1.97 bits per heavy atom. The Hall–Kier alpha value is -3.42. The van der Waals surface area contributed by atoms with Crippen LogP contribution in [-0.4, -0.2) is 45.1 Å². The lowest BCUT2D eigenvalue weighted by atomic mass is 10.0. The number of ether oxygens (including phenoxy) is 1. The van der Waals surface area contributed by atoms with Crippen molar-refractivity contribution in [2.45, 2.75) is 40.2 Å². The van der Waals surface area contributed by atoms with Gasteiger partial charge in [0.05, 0.1) is 18.2 Å². The molecule has 0 radical (unpaired) electrons. The van der Waals surface area contributed by atoms with Crippen LogP contribution in [-0.2, 0) is 11.3 Å². The summed E-state index contributed by atoms with van der Waals surface area (Å²) in [6.07, 6.45) is 2.00. The van der Waals surface area contributed by atoms with Crippen LogP contribution in [0.4, 0.5) is 0 Å². The van der Waals surface area contributed by atoms with Gasteiger partial charge in [-0.1, -0.05) is 19.1 Å². The van der Waals surface area contributed by atoms with E-state index in [0.717, 1.165) is 17.4 Å². The smallest absolute Gasteiger partial charge is 0.337 e. The number of rotatable bonds is 4. The number of likely N-dealkylation sites (tertiary alicyclic amines) is 1. The number of piperidine rings is 1. The van der Waals surface area contributed by atoms with Crippen molar-refractivity contribution in [2.75, 3.05) is 20.2 Å². The molecular formula is C24H28N4O4. The molecule has 1 amide bonds. The fraction of sp³-hybridized carbons (Fsp3) is 0.417. The molecule has 1 aliphatic heterocycles. The summed E-state index contributed by atoms with van der Waals surface area (Å²) >= 11 is 0. The van der Waals surface area contributed by atoms with Crippen LogP contribution in [0.3, 0.4) is 0 Å². The molecule has 2 aromatic heterocycles. The number of para-hydroxylation sites is 2. The Kier molecular flexibility index (Phi) is 5.86. The van der Waals surface area contributed by atoms with Crippen LogP contribution in [0, 0.1) is 19.8 Å². The van der Waals surface area contributed by atoms with Crippen molar-refractivity contribution in [3.8, 4) is 11.4 Å². The van der Waals surface area contributed by atoms with Gasteiger partial charge in [0.1, 0.15) is 12.3 Å². The van der Waals surface area contributed by atoms with Crippen molar-refractivity contribution in [2.24, 2.45) is 5.92 Å². The van der Waals surface area contributed by atoms with Gasteiger partial charge in [-0.3, -0.25) is 9.59 Å². The molecule has 0 bridgehead atoms. The van der Waals surface area contributed by atoms with E-state index in [1.54, 1.807) is 35.2 Å². The van der Waals surface area contributed by atoms with Crippen molar-refractivity contribution < 1.29 is 9.53 Å². The number of amides is 1. The zero-order valence-electron chi connectivity index (χ0n) is 18.9. The SMILES string of the molecule is COc1ccccc1-n1c(=O)n(CC(=O)N2CCCC(C)C2)c(=O)c2c(C)cc(C)nc21. The number of benzene rings is 1. The Morgan fingerprint density at radius 3 is 2.69 bits per heavy atom. The van der Waals surface area contributed by atoms with Gasteiger partial charge in [-0.25, -0.2) is 18.9 Å². The second kappa shape index (κ2) is 8.61. The van der Waals surface area contributed by atoms with Crippen LogP contribution in [0.15, 0.2) is 39.9 Å². The van der Waals surface area contributed by atoms with Crippen LogP contribution >= 0.6 is 0 Å². The number of carbonyl (C=O) groups excluding carboxylic acids is 1. The van der Waals surface area contributed by atoms with Gasteiger partial charge in [0.15, 0.2) is 5.65 Å². The Bertz CT molecular complexity index is 1310. The first-order chi connectivity index (χ1) is 15.3. The van der Waals surface area contributed by atoms with Gasteiger partial charge < -0.3 is 9.64 Å². The number of fused-ring (bicyclic) bond motifs is 1. The van der Waals surface area contributed by atoms with Gasteiger partial charge in [-0.2, -0.15) is 0 Å². The van der Waals surface area contributed by atoms with Crippen LogP contribution in [0.1, 0.15) is 31.0 Å². The first kappa shape index (κ1) is 21.8. The minimum atomic E-state index is -0.608. The fourth-order valence-corrected chi connectivity index (χ4v) is 4.50. The van der Waals surface area contributed by atoms with Crippen molar-refractivity contribution in [1.29, 1.82) is 0 Å². The molecule has 0 spiro atoms. The predicted molar refractivity (Wildman–Crippen MR) is 123 cm³/mol. The van der Waals surface area contributed by atoms with Gasteiger partial charge in [-0.05, 0) is 56.4 Å². The molecule has 8 heteroatoms. The Morgan fingerprint density at radius 1 is 1.22 bits per heavy atom. The third-order valence-electron chi connectivity index (χ3n) is 6.05. The van der Waals surface area contributed by atoms with Gasteiger partial charge in [0, 0.05) is 18.8 Å². The Balaban J connectivity index is 1.96. The van der Waals surface area contributed by atoms with E-state index in [4.69, 9.17) is 4.74 Å². The lowest BCUT2D eigenvalue weighted by molar-refractivity contribution is -0.133. The number of aryl methyl sites for hydroxylation is 2. The van der Waals surface area contributed by atoms with Crippen LogP contribution in [0.2, 0.25) is 0 Å². The molecule has 0 aliphatic carbocycles. The van der Waals surface area contributed by atoms with Gasteiger partial charge in [0.25, 0.3) is 5.56 Å². The summed E-state index contributed by atoms with van der Waals surface area (Å²) in [4.78, 5) is 46.4. The second-order valence-corrected chi connectivity index (χ2v) is 8.55. The molecule has 1 unspecified atom stereocenters. The molecule has 1 aromatic carbocycles. The molecule has 1 saturated heterocycles. The molecule has 1 atom stereocenters. The van der Waals surface area contributed by atoms with Crippen LogP contribution in [0.25, 0.3) is 16.7 Å². The standard InChI is InChI=1S/C24H28N4O4/c1-15-8-7-11-26(13-15)20(29)14-27-23(30)21-16(2)12-17(3)25-22(21)28(24(27)31)18-9-5-6-10-19(18)32-4/h5-6,9-10,12,15H,7-8,11,13-14H2,1-4H3. The number of aromatic nitrogens is 3. The molecule has 1 fully saturated rings. The summed E-state index contributed by atoms with van der Waals surface area (Å²) in [5.74, 6) is 0.651. The summed E-state index contributed by atoms with van der Waals surface area (Å²) in [5.41, 5.74) is 1.01. The highest BCUT2D eigenvalue weighted by atomic mass is 16.5. The number of pyridine rings is 1. The molecule has 168 valence electrons. The van der Waals surface area contributed by atoms with E-state index in [2.05, 4.69) is 11.9 Å². The highest BCUT2D eigenvalue weighted by Crippen LogP contribution is 2.24. The molecule has 3 aromatic rings. The molecular weight excluding hydrogens is 408 g/mol. The van der Waals surface area contributed by atoms with Crippen molar-refractivity contribution in [3.05, 3.63) is 62.4 Å². The van der Waals surface area contributed by atoms with E-state index < -0.39 is 11.2 Å². The van der Waals surface area contributed by atoms with E-state index in [-0.39, 0.29) is 18.1 Å². The van der Waals surface area contributed by atoms with Gasteiger partial charge >= 0.3 is 5.69 Å². The largest absolute Gasteiger partial charge is 0.495 e. The van der Waals surface area contributed by atoms with Crippen LogP contribution in [0.5, 0.6) is 5.75 Å². The Labute approximate surface area is 186 Å². The van der Waals surface area contributed by atoms with Crippen LogP contribution < -0.4 is 16.0 Å². The molecule has 32 heavy (non-hydrogen) atoms. The normalized spacial score (nSPS) is 16.4. The number of hydrogen-bond donors (Lipinski definition) is 0. The number of hydrogen-bond acceptors (Lipinski definition) is 5. The molecule has 8 nitrogen and oxygen atoms in total. The van der Waals surface area contributed by atoms with E-state index in [9.17, 15) is 14.4 Å². The third kappa shape index (κ3) is 3.81. The van der Waals surface area contributed by atoms with Crippen molar-refractivity contribution >= 4 is 16.9 Å². The minimum absolute atomic E-state index is 0.223. The highest BCUT2D eigenvalue weighted by molar-refractivity contribution is 5.81. The molecule has 1 aliphatic rings. The first-order valence-corrected chi connectivity index (χ1v) is 10.9. The lowest BCUT2D eigenvalue weighted by Gasteiger charge is -2.31. The number of methoxy groups -OCH3 is 1. The minimum Gasteiger partial charge on any atom is -0.495 e. The average molecular weight is 437 g/mol. The average Bonchev–Trinajstić information content (AvgIpc) is 2.76. The lowest BCUT2D eigenvalue weighted by Crippen LogP contribution is -2.47. The predicted octanol–water partition coefficient (Wildman–Crippen LogP) is 2.43. The summed E-state index contributed by atoms with van der Waals surface area (Å²) in [6.45, 7) is 6.72. The van der Waals surface area contributed by atoms with Crippen molar-refractivity contribution in [1.82, 2.24) is 19.0 Å². The summed E-state index contributed by atoms with van der Waals surface area (Å²) in [6, 6.07) is 8.87. The topological polar surface area (TPSA) is 86.4 Å². The maximum absolute atomic E-state index is 13.6. The number of carbonyl (C=O) groups is 1. The van der Waals surface area contributed by atoms with Crippen molar-refractivity contribution in [3.63, 3.8) is 0 Å². The molecule has 4 rings (SSSR count). The maximum atomic E-state index is 13.6. The van der Waals surface area contributed by atoms with E-state index >= 15 is 0 Å². The second-order valence-electron chi connectivity index (χ2n) is 8.55. The summed E-state index contributed by atoms with van der Waals surface area (Å²) < 4.78 is 7.88. The maximum Gasteiger partial charge on any atom is 0.337 e.